The van der Waals surface area contributed by atoms with Crippen LogP contribution in [0.4, 0.5) is 0 Å². The van der Waals surface area contributed by atoms with Crippen molar-refractivity contribution in [2.45, 2.75) is 97.7 Å². The van der Waals surface area contributed by atoms with Crippen LogP contribution in [0.2, 0.25) is 0 Å². The summed E-state index contributed by atoms with van der Waals surface area (Å²) < 4.78 is 0. The summed E-state index contributed by atoms with van der Waals surface area (Å²) in [6, 6.07) is 0. The highest BCUT2D eigenvalue weighted by Gasteiger charge is 2.26. The van der Waals surface area contributed by atoms with Gasteiger partial charge in [-0.05, 0) is 37.5 Å². The maximum absolute atomic E-state index is 9.96. The van der Waals surface area contributed by atoms with Crippen LogP contribution in [0.15, 0.2) is 12.7 Å². The molecule has 22 heavy (non-hydrogen) atoms. The zero-order valence-corrected chi connectivity index (χ0v) is 15.6. The number of hydrogen-bond acceptors (Lipinski definition) is 2. The van der Waals surface area contributed by atoms with E-state index in [1.165, 1.54) is 44.6 Å². The van der Waals surface area contributed by atoms with Crippen LogP contribution in [0.1, 0.15) is 86.0 Å². The predicted molar refractivity (Wildman–Crippen MR) is 96.9 cm³/mol. The molecular formula is C20H40O2. The zero-order chi connectivity index (χ0) is 17.2. The Morgan fingerprint density at radius 3 is 1.77 bits per heavy atom. The van der Waals surface area contributed by atoms with Crippen LogP contribution in [0.5, 0.6) is 0 Å². The average Bonchev–Trinajstić information content (AvgIpc) is 2.44. The monoisotopic (exact) mass is 312 g/mol. The minimum Gasteiger partial charge on any atom is -0.390 e. The van der Waals surface area contributed by atoms with Crippen molar-refractivity contribution in [1.82, 2.24) is 0 Å². The standard InChI is InChI=1S/C20H40O2/c1-7-20(6,22)19(21)15-14-18(5)13-9-12-17(4)11-8-10-16(2)3/h7,16-19,21-22H,1,8-15H2,2-6H3/t17-,18-,19+,20+/m0/s1. The van der Waals surface area contributed by atoms with E-state index >= 15 is 0 Å². The van der Waals surface area contributed by atoms with Gasteiger partial charge >= 0.3 is 0 Å². The fourth-order valence-corrected chi connectivity index (χ4v) is 2.85. The summed E-state index contributed by atoms with van der Waals surface area (Å²) >= 11 is 0. The van der Waals surface area contributed by atoms with Crippen molar-refractivity contribution in [3.05, 3.63) is 12.7 Å². The van der Waals surface area contributed by atoms with Crippen molar-refractivity contribution < 1.29 is 10.2 Å². The second-order valence-electron chi connectivity index (χ2n) is 7.99. The van der Waals surface area contributed by atoms with E-state index in [4.69, 9.17) is 0 Å². The molecule has 0 amide bonds. The third kappa shape index (κ3) is 10.4. The molecule has 0 fully saturated rings. The summed E-state index contributed by atoms with van der Waals surface area (Å²) in [5.41, 5.74) is -1.16. The summed E-state index contributed by atoms with van der Waals surface area (Å²) in [6.45, 7) is 14.4. The Balaban J connectivity index is 3.73. The normalized spacial score (nSPS) is 18.7. The van der Waals surface area contributed by atoms with E-state index in [0.29, 0.717) is 12.3 Å². The molecule has 2 nitrogen and oxygen atoms in total. The first-order valence-electron chi connectivity index (χ1n) is 9.23. The van der Waals surface area contributed by atoms with Gasteiger partial charge in [0.15, 0.2) is 0 Å². The summed E-state index contributed by atoms with van der Waals surface area (Å²) in [7, 11) is 0. The van der Waals surface area contributed by atoms with Gasteiger partial charge in [-0.1, -0.05) is 72.3 Å². The fraction of sp³-hybridized carbons (Fsp3) is 0.900. The molecule has 2 N–H and O–H groups in total. The smallest absolute Gasteiger partial charge is 0.105 e. The van der Waals surface area contributed by atoms with Gasteiger partial charge in [0, 0.05) is 0 Å². The lowest BCUT2D eigenvalue weighted by molar-refractivity contribution is -0.0323. The van der Waals surface area contributed by atoms with E-state index in [0.717, 1.165) is 18.3 Å². The Labute approximate surface area is 139 Å². The first-order chi connectivity index (χ1) is 10.2. The Bertz CT molecular complexity index is 283. The molecule has 0 unspecified atom stereocenters. The molecule has 0 aromatic carbocycles. The molecule has 0 bridgehead atoms. The highest BCUT2D eigenvalue weighted by molar-refractivity contribution is 4.97. The lowest BCUT2D eigenvalue weighted by Gasteiger charge is -2.26. The molecule has 0 radical (unpaired) electrons. The molecular weight excluding hydrogens is 272 g/mol. The molecule has 0 heterocycles. The number of hydrogen-bond donors (Lipinski definition) is 2. The average molecular weight is 313 g/mol. The molecule has 0 aromatic heterocycles. The lowest BCUT2D eigenvalue weighted by Crippen LogP contribution is -2.37. The molecule has 0 aliphatic heterocycles. The highest BCUT2D eigenvalue weighted by Crippen LogP contribution is 2.23. The minimum atomic E-state index is -1.16. The van der Waals surface area contributed by atoms with Gasteiger partial charge in [0.25, 0.3) is 0 Å². The molecule has 0 aliphatic rings. The van der Waals surface area contributed by atoms with Crippen LogP contribution >= 0.6 is 0 Å². The number of rotatable bonds is 13. The van der Waals surface area contributed by atoms with E-state index in [1.54, 1.807) is 6.92 Å². The maximum atomic E-state index is 9.96. The van der Waals surface area contributed by atoms with Crippen molar-refractivity contribution in [3.8, 4) is 0 Å². The molecule has 0 aromatic rings. The van der Waals surface area contributed by atoms with Crippen LogP contribution < -0.4 is 0 Å². The van der Waals surface area contributed by atoms with Gasteiger partial charge in [0.1, 0.15) is 5.60 Å². The van der Waals surface area contributed by atoms with Gasteiger partial charge in [0.05, 0.1) is 6.10 Å². The molecule has 0 aliphatic carbocycles. The third-order valence-corrected chi connectivity index (χ3v) is 4.89. The SMILES string of the molecule is C=C[C@@](C)(O)[C@H](O)CC[C@@H](C)CCC[C@@H](C)CCCC(C)C. The van der Waals surface area contributed by atoms with Crippen LogP contribution in [-0.2, 0) is 0 Å². The molecule has 4 atom stereocenters. The van der Waals surface area contributed by atoms with E-state index in [2.05, 4.69) is 34.3 Å². The van der Waals surface area contributed by atoms with E-state index in [-0.39, 0.29) is 0 Å². The summed E-state index contributed by atoms with van der Waals surface area (Å²) in [5, 5.41) is 19.9. The van der Waals surface area contributed by atoms with Crippen molar-refractivity contribution in [2.24, 2.45) is 17.8 Å². The van der Waals surface area contributed by atoms with Gasteiger partial charge in [0.2, 0.25) is 0 Å². The highest BCUT2D eigenvalue weighted by atomic mass is 16.3. The quantitative estimate of drug-likeness (QED) is 0.451. The van der Waals surface area contributed by atoms with Gasteiger partial charge in [-0.2, -0.15) is 0 Å². The molecule has 0 rings (SSSR count). The Morgan fingerprint density at radius 2 is 1.32 bits per heavy atom. The van der Waals surface area contributed by atoms with E-state index in [1.807, 2.05) is 0 Å². The predicted octanol–water partition coefficient (Wildman–Crippen LogP) is 5.33. The van der Waals surface area contributed by atoms with Crippen LogP contribution in [-0.4, -0.2) is 21.9 Å². The van der Waals surface area contributed by atoms with Gasteiger partial charge in [-0.25, -0.2) is 0 Å². The maximum Gasteiger partial charge on any atom is 0.105 e. The number of aliphatic hydroxyl groups excluding tert-OH is 1. The van der Waals surface area contributed by atoms with Crippen molar-refractivity contribution in [3.63, 3.8) is 0 Å². The summed E-state index contributed by atoms with van der Waals surface area (Å²) in [5.74, 6) is 2.27. The molecule has 132 valence electrons. The van der Waals surface area contributed by atoms with Crippen LogP contribution in [0, 0.1) is 17.8 Å². The zero-order valence-electron chi connectivity index (χ0n) is 15.6. The van der Waals surface area contributed by atoms with Gasteiger partial charge in [-0.15, -0.1) is 6.58 Å². The molecule has 0 saturated heterocycles. The molecule has 0 spiro atoms. The van der Waals surface area contributed by atoms with Crippen molar-refractivity contribution in [1.29, 1.82) is 0 Å². The minimum absolute atomic E-state index is 0.609. The van der Waals surface area contributed by atoms with Crippen molar-refractivity contribution >= 4 is 0 Å². The molecule has 2 heteroatoms. The van der Waals surface area contributed by atoms with Gasteiger partial charge in [-0.3, -0.25) is 0 Å². The van der Waals surface area contributed by atoms with Gasteiger partial charge < -0.3 is 10.2 Å². The third-order valence-electron chi connectivity index (χ3n) is 4.89. The topological polar surface area (TPSA) is 40.5 Å². The lowest BCUT2D eigenvalue weighted by atomic mass is 9.89. The summed E-state index contributed by atoms with van der Waals surface area (Å²) in [4.78, 5) is 0. The van der Waals surface area contributed by atoms with E-state index < -0.39 is 11.7 Å². The Morgan fingerprint density at radius 1 is 0.864 bits per heavy atom. The fourth-order valence-electron chi connectivity index (χ4n) is 2.85. The summed E-state index contributed by atoms with van der Waals surface area (Å²) in [6.07, 6.45) is 10.2. The first kappa shape index (κ1) is 21.7. The Kier molecular flexibility index (Phi) is 11.1. The van der Waals surface area contributed by atoms with E-state index in [9.17, 15) is 10.2 Å². The number of aliphatic hydroxyl groups is 2. The van der Waals surface area contributed by atoms with Crippen LogP contribution in [0.25, 0.3) is 0 Å². The second kappa shape index (κ2) is 11.2. The first-order valence-corrected chi connectivity index (χ1v) is 9.23. The van der Waals surface area contributed by atoms with Crippen LogP contribution in [0.3, 0.4) is 0 Å². The Hall–Kier alpha value is -0.340. The molecule has 0 saturated carbocycles. The second-order valence-corrected chi connectivity index (χ2v) is 7.99. The largest absolute Gasteiger partial charge is 0.390 e. The van der Waals surface area contributed by atoms with Crippen molar-refractivity contribution in [2.75, 3.05) is 0 Å².